The van der Waals surface area contributed by atoms with Gasteiger partial charge in [0.05, 0.1) is 30.7 Å². The van der Waals surface area contributed by atoms with Gasteiger partial charge in [-0.3, -0.25) is 19.1 Å². The van der Waals surface area contributed by atoms with E-state index >= 15 is 0 Å². The van der Waals surface area contributed by atoms with Gasteiger partial charge in [0.2, 0.25) is 11.8 Å². The third-order valence-corrected chi connectivity index (χ3v) is 6.66. The molecule has 0 aliphatic carbocycles. The standard InChI is InChI=1S/C25H24FN11O3/c1-3-14(15-4-5-30-31-8-15)6-17-13(2)37(35-21(17)22(27)39)11-20(38)36-10-16(26)7-19(36)25(40)33-23-18-9-32-34-24(18)29-12-28-23/h3-6,8-9,12,16,19,23H,1,7,10-11H2,2H3,(H2,27,39)(H,33,40)/b14-6+. The fourth-order valence-electron chi connectivity index (χ4n) is 4.61. The molecule has 0 radical (unpaired) electrons. The number of amidine groups is 1. The normalized spacial score (nSPS) is 21.6. The van der Waals surface area contributed by atoms with Crippen LogP contribution < -0.4 is 11.1 Å². The number of nitrogens with two attached hydrogens (primary N) is 1. The van der Waals surface area contributed by atoms with E-state index < -0.39 is 36.1 Å². The van der Waals surface area contributed by atoms with Gasteiger partial charge in [0.25, 0.3) is 5.91 Å². The van der Waals surface area contributed by atoms with Crippen molar-refractivity contribution in [2.45, 2.75) is 38.3 Å². The highest BCUT2D eigenvalue weighted by atomic mass is 19.1. The number of hydrogen-bond donors (Lipinski definition) is 2. The summed E-state index contributed by atoms with van der Waals surface area (Å²) in [6.45, 7) is 4.87. The second-order valence-corrected chi connectivity index (χ2v) is 9.13. The van der Waals surface area contributed by atoms with E-state index in [1.807, 2.05) is 0 Å². The van der Waals surface area contributed by atoms with Gasteiger partial charge in [-0.1, -0.05) is 12.7 Å². The third kappa shape index (κ3) is 5.08. The van der Waals surface area contributed by atoms with Crippen molar-refractivity contribution < 1.29 is 18.8 Å². The predicted molar refractivity (Wildman–Crippen MR) is 141 cm³/mol. The summed E-state index contributed by atoms with van der Waals surface area (Å²) in [6, 6.07) is 0.645. The highest BCUT2D eigenvalue weighted by Crippen LogP contribution is 2.26. The van der Waals surface area contributed by atoms with Crippen LogP contribution in [0.3, 0.4) is 0 Å². The SMILES string of the molecule is C=C/C(=C\c1c(C(N)=O)nn(CC(=O)N2CC(F)CC2C(=O)NC2N=CN=C3N=NC=C32)c1C)c1ccnnc1. The largest absolute Gasteiger partial charge is 0.364 e. The molecule has 0 bridgehead atoms. The second-order valence-electron chi connectivity index (χ2n) is 9.13. The molecule has 3 atom stereocenters. The van der Waals surface area contributed by atoms with Crippen LogP contribution in [-0.4, -0.2) is 79.7 Å². The first kappa shape index (κ1) is 26.4. The number of primary amides is 1. The maximum Gasteiger partial charge on any atom is 0.269 e. The number of allylic oxidation sites excluding steroid dienone is 2. The van der Waals surface area contributed by atoms with E-state index in [0.29, 0.717) is 33.8 Å². The Kier molecular flexibility index (Phi) is 7.18. The van der Waals surface area contributed by atoms with Gasteiger partial charge >= 0.3 is 0 Å². The van der Waals surface area contributed by atoms with E-state index in [1.165, 1.54) is 29.6 Å². The molecule has 3 amide bonds. The molecule has 14 nitrogen and oxygen atoms in total. The van der Waals surface area contributed by atoms with Crippen LogP contribution in [0, 0.1) is 6.92 Å². The van der Waals surface area contributed by atoms with E-state index in [-0.39, 0.29) is 25.2 Å². The van der Waals surface area contributed by atoms with E-state index in [0.717, 1.165) is 4.90 Å². The van der Waals surface area contributed by atoms with Crippen LogP contribution >= 0.6 is 0 Å². The zero-order chi connectivity index (χ0) is 28.4. The average Bonchev–Trinajstić information content (AvgIpc) is 3.66. The lowest BCUT2D eigenvalue weighted by molar-refractivity contribution is -0.139. The Morgan fingerprint density at radius 2 is 2.12 bits per heavy atom. The molecule has 1 saturated heterocycles. The van der Waals surface area contributed by atoms with Gasteiger partial charge in [-0.05, 0) is 24.6 Å². The molecule has 5 rings (SSSR count). The number of azo groups is 1. The molecule has 3 aliphatic rings. The number of hydrogen-bond acceptors (Lipinski definition) is 10. The van der Waals surface area contributed by atoms with E-state index in [1.54, 1.807) is 25.1 Å². The molecule has 0 spiro atoms. The molecule has 40 heavy (non-hydrogen) atoms. The van der Waals surface area contributed by atoms with Crippen molar-refractivity contribution in [3.05, 3.63) is 65.4 Å². The molecule has 204 valence electrons. The molecular weight excluding hydrogens is 521 g/mol. The fourth-order valence-corrected chi connectivity index (χ4v) is 4.61. The van der Waals surface area contributed by atoms with Crippen molar-refractivity contribution in [1.29, 1.82) is 0 Å². The van der Waals surface area contributed by atoms with Crippen molar-refractivity contribution in [3.63, 3.8) is 0 Å². The van der Waals surface area contributed by atoms with Gasteiger partial charge in [0.15, 0.2) is 17.7 Å². The van der Waals surface area contributed by atoms with Crippen molar-refractivity contribution >= 4 is 41.5 Å². The molecular formula is C25H24FN11O3. The number of nitrogens with one attached hydrogen (secondary N) is 1. The lowest BCUT2D eigenvalue weighted by Crippen LogP contribution is -2.50. The van der Waals surface area contributed by atoms with Crippen LogP contribution in [0.25, 0.3) is 11.6 Å². The molecule has 3 unspecified atom stereocenters. The minimum absolute atomic E-state index is 0.0564. The van der Waals surface area contributed by atoms with Crippen LogP contribution in [0.4, 0.5) is 4.39 Å². The smallest absolute Gasteiger partial charge is 0.269 e. The van der Waals surface area contributed by atoms with Gasteiger partial charge in [-0.15, -0.1) is 5.11 Å². The topological polar surface area (TPSA) is 186 Å². The molecule has 3 aliphatic heterocycles. The van der Waals surface area contributed by atoms with E-state index in [2.05, 4.69) is 47.4 Å². The quantitative estimate of drug-likeness (QED) is 0.465. The van der Waals surface area contributed by atoms with Gasteiger partial charge < -0.3 is 16.0 Å². The number of rotatable bonds is 8. The zero-order valence-electron chi connectivity index (χ0n) is 21.3. The Morgan fingerprint density at radius 1 is 1.30 bits per heavy atom. The fraction of sp³-hybridized carbons (Fsp3) is 0.280. The second kappa shape index (κ2) is 10.9. The molecule has 0 saturated carbocycles. The van der Waals surface area contributed by atoms with Crippen LogP contribution in [-0.2, 0) is 16.1 Å². The average molecular weight is 546 g/mol. The number of fused-ring (bicyclic) bond motifs is 1. The minimum Gasteiger partial charge on any atom is -0.364 e. The van der Waals surface area contributed by atoms with Crippen LogP contribution in [0.1, 0.15) is 33.7 Å². The van der Waals surface area contributed by atoms with Crippen molar-refractivity contribution in [1.82, 2.24) is 30.2 Å². The Bertz CT molecular complexity index is 1540. The number of halogens is 1. The van der Waals surface area contributed by atoms with Crippen LogP contribution in [0.15, 0.2) is 63.1 Å². The number of amides is 3. The highest BCUT2D eigenvalue weighted by molar-refractivity contribution is 6.06. The van der Waals surface area contributed by atoms with Gasteiger partial charge in [-0.2, -0.15) is 20.4 Å². The third-order valence-electron chi connectivity index (χ3n) is 6.66. The Morgan fingerprint density at radius 3 is 2.85 bits per heavy atom. The van der Waals surface area contributed by atoms with Crippen LogP contribution in [0.5, 0.6) is 0 Å². The van der Waals surface area contributed by atoms with E-state index in [9.17, 15) is 18.8 Å². The monoisotopic (exact) mass is 545 g/mol. The first-order valence-corrected chi connectivity index (χ1v) is 12.2. The van der Waals surface area contributed by atoms with Crippen molar-refractivity contribution in [3.8, 4) is 0 Å². The molecule has 15 heteroatoms. The van der Waals surface area contributed by atoms with Crippen molar-refractivity contribution in [2.75, 3.05) is 6.54 Å². The molecule has 0 aromatic carbocycles. The number of aromatic nitrogens is 4. The molecule has 1 fully saturated rings. The Labute approximate surface area is 227 Å². The summed E-state index contributed by atoms with van der Waals surface area (Å²) in [4.78, 5) is 48.0. The van der Waals surface area contributed by atoms with Gasteiger partial charge in [-0.25, -0.2) is 14.4 Å². The predicted octanol–water partition coefficient (Wildman–Crippen LogP) is 0.978. The number of carbonyl (C=O) groups is 3. The number of aliphatic imine (C=N–C) groups is 2. The summed E-state index contributed by atoms with van der Waals surface area (Å²) < 4.78 is 15.8. The number of alkyl halides is 1. The summed E-state index contributed by atoms with van der Waals surface area (Å²) in [5, 5.41) is 22.2. The lowest BCUT2D eigenvalue weighted by Gasteiger charge is -2.26. The highest BCUT2D eigenvalue weighted by Gasteiger charge is 2.41. The number of carbonyl (C=O) groups excluding carboxylic acids is 3. The first-order chi connectivity index (χ1) is 19.3. The number of nitrogens with zero attached hydrogens (tertiary/aromatic N) is 9. The maximum atomic E-state index is 14.5. The minimum atomic E-state index is -1.40. The summed E-state index contributed by atoms with van der Waals surface area (Å²) in [5.41, 5.74) is 8.19. The lowest BCUT2D eigenvalue weighted by atomic mass is 10.0. The molecule has 2 aromatic heterocycles. The number of likely N-dealkylation sites (tertiary alicyclic amines) is 1. The molecule has 5 heterocycles. The maximum absolute atomic E-state index is 14.5. The summed E-state index contributed by atoms with van der Waals surface area (Å²) in [6.07, 6.45) is 6.59. The van der Waals surface area contributed by atoms with Gasteiger partial charge in [0, 0.05) is 23.2 Å². The summed E-state index contributed by atoms with van der Waals surface area (Å²) >= 11 is 0. The zero-order valence-corrected chi connectivity index (χ0v) is 21.3. The van der Waals surface area contributed by atoms with Gasteiger partial charge in [0.1, 0.15) is 25.1 Å². The molecule has 3 N–H and O–H groups in total. The van der Waals surface area contributed by atoms with Crippen LogP contribution in [0.2, 0.25) is 0 Å². The Hall–Kier alpha value is -5.21. The Balaban J connectivity index is 1.36. The summed E-state index contributed by atoms with van der Waals surface area (Å²) in [7, 11) is 0. The van der Waals surface area contributed by atoms with Crippen molar-refractivity contribution in [2.24, 2.45) is 25.9 Å². The van der Waals surface area contributed by atoms with E-state index in [4.69, 9.17) is 5.73 Å². The first-order valence-electron chi connectivity index (χ1n) is 12.2. The molecule has 2 aromatic rings. The summed E-state index contributed by atoms with van der Waals surface area (Å²) in [5.74, 6) is -1.61.